The quantitative estimate of drug-likeness (QED) is 0.527. The van der Waals surface area contributed by atoms with E-state index < -0.39 is 0 Å². The van der Waals surface area contributed by atoms with Gasteiger partial charge in [0.05, 0.1) is 5.52 Å². The average Bonchev–Trinajstić information content (AvgIpc) is 3.14. The van der Waals surface area contributed by atoms with E-state index in [9.17, 15) is 0 Å². The second kappa shape index (κ2) is 6.53. The molecule has 0 unspecified atom stereocenters. The van der Waals surface area contributed by atoms with Crippen LogP contribution in [-0.2, 0) is 0 Å². The number of nitrogens with zero attached hydrogens (tertiary/aromatic N) is 5. The lowest BCUT2D eigenvalue weighted by Crippen LogP contribution is -2.34. The third-order valence-corrected chi connectivity index (χ3v) is 6.10. The molecule has 1 aliphatic rings. The molecule has 27 heavy (non-hydrogen) atoms. The molecule has 6 heteroatoms. The first kappa shape index (κ1) is 16.6. The van der Waals surface area contributed by atoms with Gasteiger partial charge in [0.1, 0.15) is 0 Å². The summed E-state index contributed by atoms with van der Waals surface area (Å²) in [5.74, 6) is 4.06. The summed E-state index contributed by atoms with van der Waals surface area (Å²) in [4.78, 5) is 7.42. The molecule has 0 spiro atoms. The van der Waals surface area contributed by atoms with Gasteiger partial charge in [0, 0.05) is 35.5 Å². The molecule has 4 aromatic rings. The number of fused-ring (bicyclic) bond motifs is 3. The lowest BCUT2D eigenvalue weighted by molar-refractivity contribution is 0.808. The topological polar surface area (TPSA) is 46.3 Å². The standard InChI is InChI=1S/C21H21N5S/c1-14-7-8-18-17(13-14)20-24-23-19(16-6-4-3-5-15(16)2)26(20)21(22-18)25-9-11-27-12-10-25/h3-8,13H,9-12H2,1-2H3. The Labute approximate surface area is 162 Å². The van der Waals surface area contributed by atoms with Gasteiger partial charge in [-0.25, -0.2) is 9.38 Å². The molecule has 136 valence electrons. The highest BCUT2D eigenvalue weighted by atomic mass is 32.2. The fourth-order valence-electron chi connectivity index (χ4n) is 3.71. The van der Waals surface area contributed by atoms with Crippen LogP contribution in [0.2, 0.25) is 0 Å². The van der Waals surface area contributed by atoms with Gasteiger partial charge in [-0.1, -0.05) is 35.9 Å². The Kier molecular flexibility index (Phi) is 4.01. The molecule has 2 aromatic carbocycles. The van der Waals surface area contributed by atoms with Gasteiger partial charge in [-0.15, -0.1) is 10.2 Å². The summed E-state index contributed by atoms with van der Waals surface area (Å²) in [6.45, 7) is 6.21. The fraction of sp³-hybridized carbons (Fsp3) is 0.286. The minimum absolute atomic E-state index is 0.868. The highest BCUT2D eigenvalue weighted by molar-refractivity contribution is 7.99. The molecule has 5 nitrogen and oxygen atoms in total. The van der Waals surface area contributed by atoms with Crippen LogP contribution < -0.4 is 4.90 Å². The Morgan fingerprint density at radius 2 is 1.78 bits per heavy atom. The Morgan fingerprint density at radius 1 is 0.963 bits per heavy atom. The third kappa shape index (κ3) is 2.75. The first-order chi connectivity index (χ1) is 13.2. The molecule has 5 rings (SSSR count). The van der Waals surface area contributed by atoms with Crippen molar-refractivity contribution in [1.82, 2.24) is 19.6 Å². The maximum atomic E-state index is 5.06. The fourth-order valence-corrected chi connectivity index (χ4v) is 4.61. The van der Waals surface area contributed by atoms with Gasteiger partial charge in [-0.3, -0.25) is 0 Å². The van der Waals surface area contributed by atoms with Crippen LogP contribution in [0.3, 0.4) is 0 Å². The summed E-state index contributed by atoms with van der Waals surface area (Å²) in [5, 5.41) is 10.3. The number of rotatable bonds is 2. The van der Waals surface area contributed by atoms with Gasteiger partial charge in [0.2, 0.25) is 5.95 Å². The molecule has 0 amide bonds. The number of hydrogen-bond donors (Lipinski definition) is 0. The second-order valence-electron chi connectivity index (χ2n) is 7.03. The zero-order chi connectivity index (χ0) is 18.4. The van der Waals surface area contributed by atoms with Crippen molar-refractivity contribution >= 4 is 34.3 Å². The zero-order valence-electron chi connectivity index (χ0n) is 15.5. The molecular formula is C21H21N5S. The normalized spacial score (nSPS) is 15.0. The Balaban J connectivity index is 1.86. The monoisotopic (exact) mass is 375 g/mol. The Hall–Kier alpha value is -2.60. The van der Waals surface area contributed by atoms with E-state index in [1.807, 2.05) is 11.8 Å². The van der Waals surface area contributed by atoms with Gasteiger partial charge in [-0.05, 0) is 31.5 Å². The van der Waals surface area contributed by atoms with Crippen molar-refractivity contribution in [2.75, 3.05) is 29.5 Å². The summed E-state index contributed by atoms with van der Waals surface area (Å²) >= 11 is 2.00. The van der Waals surface area contributed by atoms with Crippen molar-refractivity contribution < 1.29 is 0 Å². The van der Waals surface area contributed by atoms with E-state index >= 15 is 0 Å². The van der Waals surface area contributed by atoms with Crippen LogP contribution in [-0.4, -0.2) is 44.2 Å². The van der Waals surface area contributed by atoms with E-state index in [4.69, 9.17) is 4.98 Å². The maximum Gasteiger partial charge on any atom is 0.213 e. The van der Waals surface area contributed by atoms with Crippen molar-refractivity contribution in [1.29, 1.82) is 0 Å². The molecule has 3 heterocycles. The van der Waals surface area contributed by atoms with Crippen molar-refractivity contribution in [2.24, 2.45) is 0 Å². The number of thioether (sulfide) groups is 1. The van der Waals surface area contributed by atoms with Crippen molar-refractivity contribution in [3.05, 3.63) is 53.6 Å². The highest BCUT2D eigenvalue weighted by Crippen LogP contribution is 2.31. The molecule has 2 aromatic heterocycles. The van der Waals surface area contributed by atoms with Crippen LogP contribution in [0.15, 0.2) is 42.5 Å². The minimum Gasteiger partial charge on any atom is -0.340 e. The number of aryl methyl sites for hydroxylation is 2. The molecule has 1 aliphatic heterocycles. The Morgan fingerprint density at radius 3 is 2.59 bits per heavy atom. The first-order valence-electron chi connectivity index (χ1n) is 9.26. The van der Waals surface area contributed by atoms with E-state index in [1.165, 1.54) is 11.1 Å². The molecule has 1 fully saturated rings. The molecule has 0 radical (unpaired) electrons. The largest absolute Gasteiger partial charge is 0.340 e. The predicted octanol–water partition coefficient (Wildman–Crippen LogP) is 4.11. The summed E-state index contributed by atoms with van der Waals surface area (Å²) in [7, 11) is 0. The van der Waals surface area contributed by atoms with Crippen LogP contribution in [0, 0.1) is 13.8 Å². The predicted molar refractivity (Wildman–Crippen MR) is 113 cm³/mol. The highest BCUT2D eigenvalue weighted by Gasteiger charge is 2.22. The minimum atomic E-state index is 0.868. The van der Waals surface area contributed by atoms with E-state index in [0.29, 0.717) is 0 Å². The van der Waals surface area contributed by atoms with E-state index in [1.54, 1.807) is 0 Å². The molecule has 0 bridgehead atoms. The van der Waals surface area contributed by atoms with Crippen molar-refractivity contribution in [3.63, 3.8) is 0 Å². The SMILES string of the molecule is Cc1ccc2nc(N3CCSCC3)n3c(-c4ccccc4C)nnc3c2c1. The smallest absolute Gasteiger partial charge is 0.213 e. The summed E-state index contributed by atoms with van der Waals surface area (Å²) in [5.41, 5.74) is 5.36. The van der Waals surface area contributed by atoms with Crippen molar-refractivity contribution in [2.45, 2.75) is 13.8 Å². The van der Waals surface area contributed by atoms with Crippen LogP contribution >= 0.6 is 11.8 Å². The van der Waals surface area contributed by atoms with Crippen LogP contribution in [0.5, 0.6) is 0 Å². The van der Waals surface area contributed by atoms with Gasteiger partial charge in [-0.2, -0.15) is 11.8 Å². The van der Waals surface area contributed by atoms with E-state index in [-0.39, 0.29) is 0 Å². The molecular weight excluding hydrogens is 354 g/mol. The molecule has 0 saturated carbocycles. The van der Waals surface area contributed by atoms with Crippen LogP contribution in [0.4, 0.5) is 5.95 Å². The number of aromatic nitrogens is 4. The van der Waals surface area contributed by atoms with E-state index in [2.05, 4.69) is 75.8 Å². The molecule has 0 aliphatic carbocycles. The number of anilines is 1. The van der Waals surface area contributed by atoms with Crippen LogP contribution in [0.1, 0.15) is 11.1 Å². The van der Waals surface area contributed by atoms with Crippen molar-refractivity contribution in [3.8, 4) is 11.4 Å². The first-order valence-corrected chi connectivity index (χ1v) is 10.4. The van der Waals surface area contributed by atoms with Gasteiger partial charge >= 0.3 is 0 Å². The summed E-state index contributed by atoms with van der Waals surface area (Å²) < 4.78 is 2.15. The molecule has 1 saturated heterocycles. The number of hydrogen-bond acceptors (Lipinski definition) is 5. The van der Waals surface area contributed by atoms with Gasteiger partial charge < -0.3 is 4.90 Å². The van der Waals surface area contributed by atoms with E-state index in [0.717, 1.165) is 58.5 Å². The lowest BCUT2D eigenvalue weighted by atomic mass is 10.1. The van der Waals surface area contributed by atoms with Crippen LogP contribution in [0.25, 0.3) is 27.9 Å². The lowest BCUT2D eigenvalue weighted by Gasteiger charge is -2.28. The second-order valence-corrected chi connectivity index (χ2v) is 8.25. The van der Waals surface area contributed by atoms with Gasteiger partial charge in [0.15, 0.2) is 11.5 Å². The third-order valence-electron chi connectivity index (χ3n) is 5.16. The zero-order valence-corrected chi connectivity index (χ0v) is 16.3. The summed E-state index contributed by atoms with van der Waals surface area (Å²) in [6.07, 6.45) is 0. The maximum absolute atomic E-state index is 5.06. The molecule has 0 atom stereocenters. The molecule has 0 N–H and O–H groups in total. The van der Waals surface area contributed by atoms with Gasteiger partial charge in [0.25, 0.3) is 0 Å². The summed E-state index contributed by atoms with van der Waals surface area (Å²) in [6, 6.07) is 14.7. The Bertz CT molecular complexity index is 1140. The average molecular weight is 376 g/mol. The number of benzene rings is 2.